The highest BCUT2D eigenvalue weighted by Crippen LogP contribution is 2.31. The number of ether oxygens (including phenoxy) is 1. The van der Waals surface area contributed by atoms with Gasteiger partial charge in [0.15, 0.2) is 0 Å². The number of aryl methyl sites for hydroxylation is 1. The molecular weight excluding hydrogens is 214 g/mol. The summed E-state index contributed by atoms with van der Waals surface area (Å²) in [4.78, 5) is 0. The molecule has 0 N–H and O–H groups in total. The summed E-state index contributed by atoms with van der Waals surface area (Å²) in [6, 6.07) is 0. The van der Waals surface area contributed by atoms with Crippen LogP contribution in [0.2, 0.25) is 5.28 Å². The van der Waals surface area contributed by atoms with Gasteiger partial charge in [-0.2, -0.15) is 0 Å². The van der Waals surface area contributed by atoms with E-state index in [9.17, 15) is 0 Å². The van der Waals surface area contributed by atoms with Crippen molar-refractivity contribution in [3.8, 4) is 0 Å². The Morgan fingerprint density at radius 3 is 2.93 bits per heavy atom. The van der Waals surface area contributed by atoms with Crippen molar-refractivity contribution < 1.29 is 4.74 Å². The highest BCUT2D eigenvalue weighted by Gasteiger charge is 2.31. The van der Waals surface area contributed by atoms with Gasteiger partial charge < -0.3 is 9.30 Å². The highest BCUT2D eigenvalue weighted by molar-refractivity contribution is 6.28. The normalized spacial score (nSPS) is 26.1. The molecule has 1 fully saturated rings. The fraction of sp³-hybridized carbons (Fsp3) is 0.800. The maximum Gasteiger partial charge on any atom is 0.225 e. The molecular formula is C10H16ClN3O. The molecule has 5 heteroatoms. The zero-order chi connectivity index (χ0) is 10.9. The summed E-state index contributed by atoms with van der Waals surface area (Å²) in [6.07, 6.45) is 1.93. The van der Waals surface area contributed by atoms with Crippen LogP contribution in [0.1, 0.15) is 26.1 Å². The Balaban J connectivity index is 2.18. The number of hydrogen-bond donors (Lipinski definition) is 0. The van der Waals surface area contributed by atoms with Gasteiger partial charge in [0.25, 0.3) is 0 Å². The first-order valence-corrected chi connectivity index (χ1v) is 5.68. The van der Waals surface area contributed by atoms with E-state index in [2.05, 4.69) is 24.0 Å². The van der Waals surface area contributed by atoms with Gasteiger partial charge in [0.05, 0.1) is 6.61 Å². The van der Waals surface area contributed by atoms with Gasteiger partial charge in [0, 0.05) is 25.0 Å². The van der Waals surface area contributed by atoms with Crippen LogP contribution < -0.4 is 0 Å². The molecule has 1 aliphatic heterocycles. The van der Waals surface area contributed by atoms with E-state index in [1.807, 2.05) is 4.57 Å². The molecule has 0 radical (unpaired) electrons. The minimum absolute atomic E-state index is 0.177. The number of aromatic nitrogens is 3. The van der Waals surface area contributed by atoms with Crippen LogP contribution in [0.4, 0.5) is 0 Å². The molecule has 0 aliphatic carbocycles. The average Bonchev–Trinajstić information content (AvgIpc) is 2.76. The van der Waals surface area contributed by atoms with Crippen molar-refractivity contribution in [1.82, 2.24) is 14.8 Å². The minimum Gasteiger partial charge on any atom is -0.381 e. The van der Waals surface area contributed by atoms with Crippen molar-refractivity contribution >= 4 is 11.6 Å². The fourth-order valence-electron chi connectivity index (χ4n) is 1.95. The number of rotatable bonds is 3. The van der Waals surface area contributed by atoms with Gasteiger partial charge >= 0.3 is 0 Å². The monoisotopic (exact) mass is 229 g/mol. The van der Waals surface area contributed by atoms with Crippen molar-refractivity contribution in [3.63, 3.8) is 0 Å². The van der Waals surface area contributed by atoms with Gasteiger partial charge in [-0.05, 0) is 18.0 Å². The molecule has 0 bridgehead atoms. The van der Waals surface area contributed by atoms with Gasteiger partial charge in [-0.25, -0.2) is 0 Å². The third-order valence-electron chi connectivity index (χ3n) is 2.94. The van der Waals surface area contributed by atoms with Gasteiger partial charge in [-0.15, -0.1) is 10.2 Å². The third-order valence-corrected chi connectivity index (χ3v) is 3.22. The fourth-order valence-corrected chi connectivity index (χ4v) is 2.14. The molecule has 84 valence electrons. The lowest BCUT2D eigenvalue weighted by Gasteiger charge is -2.23. The predicted molar refractivity (Wildman–Crippen MR) is 58.0 cm³/mol. The average molecular weight is 230 g/mol. The molecule has 0 saturated carbocycles. The number of nitrogens with zero attached hydrogens (tertiary/aromatic N) is 3. The quantitative estimate of drug-likeness (QED) is 0.795. The van der Waals surface area contributed by atoms with Crippen LogP contribution in [-0.2, 0) is 17.7 Å². The SMILES string of the molecule is CCc1nnc(Cl)n1CC1(C)CCOC1. The molecule has 1 unspecified atom stereocenters. The molecule has 1 atom stereocenters. The molecule has 2 rings (SSSR count). The molecule has 0 aromatic carbocycles. The van der Waals surface area contributed by atoms with Gasteiger partial charge in [-0.3, -0.25) is 0 Å². The minimum atomic E-state index is 0.177. The molecule has 1 aliphatic rings. The number of halogens is 1. The first kappa shape index (κ1) is 10.9. The van der Waals surface area contributed by atoms with Crippen molar-refractivity contribution in [3.05, 3.63) is 11.1 Å². The molecule has 15 heavy (non-hydrogen) atoms. The second-order valence-electron chi connectivity index (χ2n) is 4.44. The van der Waals surface area contributed by atoms with Gasteiger partial charge in [0.1, 0.15) is 5.82 Å². The molecule has 1 aromatic heterocycles. The summed E-state index contributed by atoms with van der Waals surface area (Å²) in [5.41, 5.74) is 0.177. The third kappa shape index (κ3) is 2.16. The largest absolute Gasteiger partial charge is 0.381 e. The molecule has 2 heterocycles. The Morgan fingerprint density at radius 1 is 1.53 bits per heavy atom. The van der Waals surface area contributed by atoms with E-state index in [1.165, 1.54) is 0 Å². The first-order valence-electron chi connectivity index (χ1n) is 5.30. The Morgan fingerprint density at radius 2 is 2.33 bits per heavy atom. The second-order valence-corrected chi connectivity index (χ2v) is 4.78. The van der Waals surface area contributed by atoms with Crippen LogP contribution >= 0.6 is 11.6 Å². The lowest BCUT2D eigenvalue weighted by Crippen LogP contribution is -2.24. The summed E-state index contributed by atoms with van der Waals surface area (Å²) >= 11 is 6.01. The number of hydrogen-bond acceptors (Lipinski definition) is 3. The van der Waals surface area contributed by atoms with Crippen LogP contribution in [0.3, 0.4) is 0 Å². The highest BCUT2D eigenvalue weighted by atomic mass is 35.5. The van der Waals surface area contributed by atoms with Crippen molar-refractivity contribution in [2.24, 2.45) is 5.41 Å². The van der Waals surface area contributed by atoms with Crippen LogP contribution in [0.15, 0.2) is 0 Å². The molecule has 1 aromatic rings. The Kier molecular flexibility index (Phi) is 2.98. The topological polar surface area (TPSA) is 39.9 Å². The van der Waals surface area contributed by atoms with Crippen LogP contribution in [0.5, 0.6) is 0 Å². The Hall–Kier alpha value is -0.610. The molecule has 1 saturated heterocycles. The maximum atomic E-state index is 6.01. The Bertz CT molecular complexity index is 344. The summed E-state index contributed by atoms with van der Waals surface area (Å²) in [7, 11) is 0. The zero-order valence-electron chi connectivity index (χ0n) is 9.16. The smallest absolute Gasteiger partial charge is 0.225 e. The van der Waals surface area contributed by atoms with Gasteiger partial charge in [-0.1, -0.05) is 13.8 Å². The lowest BCUT2D eigenvalue weighted by atomic mass is 9.90. The molecule has 4 nitrogen and oxygen atoms in total. The molecule has 0 amide bonds. The summed E-state index contributed by atoms with van der Waals surface area (Å²) in [5, 5.41) is 8.43. The van der Waals surface area contributed by atoms with Crippen LogP contribution in [-0.4, -0.2) is 28.0 Å². The summed E-state index contributed by atoms with van der Waals surface area (Å²) < 4.78 is 7.42. The summed E-state index contributed by atoms with van der Waals surface area (Å²) in [5.74, 6) is 0.952. The van der Waals surface area contributed by atoms with Crippen molar-refractivity contribution in [1.29, 1.82) is 0 Å². The van der Waals surface area contributed by atoms with E-state index in [-0.39, 0.29) is 5.41 Å². The zero-order valence-corrected chi connectivity index (χ0v) is 9.92. The van der Waals surface area contributed by atoms with E-state index in [0.717, 1.165) is 38.4 Å². The first-order chi connectivity index (χ1) is 7.14. The predicted octanol–water partition coefficient (Wildman–Crippen LogP) is 1.92. The standard InChI is InChI=1S/C10H16ClN3O/c1-3-8-12-13-9(11)14(8)6-10(2)4-5-15-7-10/h3-7H2,1-2H3. The van der Waals surface area contributed by atoms with Crippen molar-refractivity contribution in [2.45, 2.75) is 33.2 Å². The van der Waals surface area contributed by atoms with Crippen LogP contribution in [0, 0.1) is 5.41 Å². The second kappa shape index (κ2) is 4.10. The van der Waals surface area contributed by atoms with E-state index in [1.54, 1.807) is 0 Å². The van der Waals surface area contributed by atoms with E-state index in [4.69, 9.17) is 16.3 Å². The Labute approximate surface area is 94.6 Å². The maximum absolute atomic E-state index is 6.01. The lowest BCUT2D eigenvalue weighted by molar-refractivity contribution is 0.149. The molecule has 0 spiro atoms. The van der Waals surface area contributed by atoms with Crippen molar-refractivity contribution in [2.75, 3.05) is 13.2 Å². The van der Waals surface area contributed by atoms with Gasteiger partial charge in [0.2, 0.25) is 5.28 Å². The van der Waals surface area contributed by atoms with Crippen LogP contribution in [0.25, 0.3) is 0 Å². The van der Waals surface area contributed by atoms with E-state index < -0.39 is 0 Å². The van der Waals surface area contributed by atoms with E-state index in [0.29, 0.717) is 5.28 Å². The van der Waals surface area contributed by atoms with E-state index >= 15 is 0 Å². The summed E-state index contributed by atoms with van der Waals surface area (Å²) in [6.45, 7) is 6.77.